The molecule has 1 atom stereocenters. The number of carbonyl (C=O) groups excluding carboxylic acids is 2. The first-order valence-electron chi connectivity index (χ1n) is 7.73. The van der Waals surface area contributed by atoms with Crippen molar-refractivity contribution in [2.24, 2.45) is 0 Å². The smallest absolute Gasteiger partial charge is 0.235 e. The van der Waals surface area contributed by atoms with Crippen molar-refractivity contribution in [1.82, 2.24) is 10.5 Å². The average molecular weight is 347 g/mol. The number of thioether (sulfide) groups is 1. The second-order valence-corrected chi connectivity index (χ2v) is 6.29. The second-order valence-electron chi connectivity index (χ2n) is 5.30. The van der Waals surface area contributed by atoms with Crippen LogP contribution in [0.2, 0.25) is 0 Å². The molecule has 2 N–H and O–H groups in total. The maximum Gasteiger partial charge on any atom is 0.235 e. The number of rotatable bonds is 8. The molecular formula is C17H21N3O3S. The van der Waals surface area contributed by atoms with E-state index >= 15 is 0 Å². The summed E-state index contributed by atoms with van der Waals surface area (Å²) in [6.07, 6.45) is 0.812. The molecule has 0 aliphatic carbocycles. The van der Waals surface area contributed by atoms with Crippen LogP contribution in [0.1, 0.15) is 30.7 Å². The van der Waals surface area contributed by atoms with E-state index in [0.717, 1.165) is 12.0 Å². The first-order valence-corrected chi connectivity index (χ1v) is 8.89. The first-order chi connectivity index (χ1) is 11.6. The number of aromatic nitrogens is 1. The van der Waals surface area contributed by atoms with Gasteiger partial charge < -0.3 is 15.2 Å². The van der Waals surface area contributed by atoms with E-state index in [9.17, 15) is 9.59 Å². The third-order valence-corrected chi connectivity index (χ3v) is 4.24. The number of benzene rings is 1. The van der Waals surface area contributed by atoms with Crippen LogP contribution in [0.4, 0.5) is 5.82 Å². The Balaban J connectivity index is 1.71. The lowest BCUT2D eigenvalue weighted by Gasteiger charge is -2.17. The highest BCUT2D eigenvalue weighted by atomic mass is 32.2. The van der Waals surface area contributed by atoms with Crippen LogP contribution >= 0.6 is 11.8 Å². The van der Waals surface area contributed by atoms with Gasteiger partial charge >= 0.3 is 0 Å². The molecule has 0 saturated carbocycles. The fraction of sp³-hybridized carbons (Fsp3) is 0.353. The van der Waals surface area contributed by atoms with Gasteiger partial charge in [0, 0.05) is 6.07 Å². The molecule has 1 aromatic heterocycles. The highest BCUT2D eigenvalue weighted by Gasteiger charge is 2.13. The molecule has 0 bridgehead atoms. The van der Waals surface area contributed by atoms with Gasteiger partial charge in [0.15, 0.2) is 5.82 Å². The number of anilines is 1. The second kappa shape index (κ2) is 9.12. The van der Waals surface area contributed by atoms with Crippen molar-refractivity contribution < 1.29 is 14.1 Å². The van der Waals surface area contributed by atoms with Gasteiger partial charge in [-0.2, -0.15) is 0 Å². The summed E-state index contributed by atoms with van der Waals surface area (Å²) in [6.45, 7) is 3.77. The van der Waals surface area contributed by atoms with Crippen LogP contribution in [0.15, 0.2) is 40.9 Å². The SMILES string of the molecule is CCC(NC(=O)CSCC(=O)Nc1cc(C)on1)c1ccccc1. The van der Waals surface area contributed by atoms with Gasteiger partial charge in [-0.3, -0.25) is 9.59 Å². The van der Waals surface area contributed by atoms with Crippen molar-refractivity contribution in [3.05, 3.63) is 47.7 Å². The summed E-state index contributed by atoms with van der Waals surface area (Å²) in [5.41, 5.74) is 1.08. The Morgan fingerprint density at radius 3 is 2.54 bits per heavy atom. The predicted molar refractivity (Wildman–Crippen MR) is 94.8 cm³/mol. The lowest BCUT2D eigenvalue weighted by atomic mass is 10.0. The van der Waals surface area contributed by atoms with Gasteiger partial charge in [-0.1, -0.05) is 42.4 Å². The molecule has 1 unspecified atom stereocenters. The maximum absolute atomic E-state index is 12.0. The number of carbonyl (C=O) groups is 2. The van der Waals surface area contributed by atoms with E-state index in [2.05, 4.69) is 15.8 Å². The molecule has 0 saturated heterocycles. The molecule has 128 valence electrons. The van der Waals surface area contributed by atoms with Crippen molar-refractivity contribution in [3.8, 4) is 0 Å². The van der Waals surface area contributed by atoms with E-state index in [1.165, 1.54) is 11.8 Å². The zero-order valence-electron chi connectivity index (χ0n) is 13.7. The van der Waals surface area contributed by atoms with E-state index < -0.39 is 0 Å². The van der Waals surface area contributed by atoms with Crippen LogP contribution < -0.4 is 10.6 Å². The molecule has 2 rings (SSSR count). The van der Waals surface area contributed by atoms with Gasteiger partial charge in [0.25, 0.3) is 0 Å². The Bertz CT molecular complexity index is 673. The number of nitrogens with one attached hydrogen (secondary N) is 2. The van der Waals surface area contributed by atoms with E-state index in [4.69, 9.17) is 4.52 Å². The summed E-state index contributed by atoms with van der Waals surface area (Å²) in [5, 5.41) is 9.30. The Morgan fingerprint density at radius 2 is 1.92 bits per heavy atom. The number of nitrogens with zero attached hydrogens (tertiary/aromatic N) is 1. The minimum Gasteiger partial charge on any atom is -0.360 e. The summed E-state index contributed by atoms with van der Waals surface area (Å²) in [4.78, 5) is 23.8. The Kier molecular flexibility index (Phi) is 6.87. The Hall–Kier alpha value is -2.28. The Morgan fingerprint density at radius 1 is 1.21 bits per heavy atom. The van der Waals surface area contributed by atoms with E-state index in [1.54, 1.807) is 13.0 Å². The van der Waals surface area contributed by atoms with Crippen LogP contribution in [0, 0.1) is 6.92 Å². The molecule has 6 nitrogen and oxygen atoms in total. The molecule has 2 aromatic rings. The summed E-state index contributed by atoms with van der Waals surface area (Å²) in [5.74, 6) is 1.13. The van der Waals surface area contributed by atoms with Crippen LogP contribution in [-0.4, -0.2) is 28.5 Å². The van der Waals surface area contributed by atoms with E-state index in [1.807, 2.05) is 37.3 Å². The van der Waals surface area contributed by atoms with Crippen molar-refractivity contribution in [2.75, 3.05) is 16.8 Å². The number of hydrogen-bond acceptors (Lipinski definition) is 5. The van der Waals surface area contributed by atoms with Crippen molar-refractivity contribution in [1.29, 1.82) is 0 Å². The topological polar surface area (TPSA) is 84.2 Å². The zero-order valence-corrected chi connectivity index (χ0v) is 14.6. The van der Waals surface area contributed by atoms with Crippen LogP contribution in [0.5, 0.6) is 0 Å². The normalized spacial score (nSPS) is 11.8. The molecule has 0 spiro atoms. The lowest BCUT2D eigenvalue weighted by molar-refractivity contribution is -0.119. The molecule has 0 radical (unpaired) electrons. The van der Waals surface area contributed by atoms with Gasteiger partial charge in [0.1, 0.15) is 5.76 Å². The highest BCUT2D eigenvalue weighted by Crippen LogP contribution is 2.16. The van der Waals surface area contributed by atoms with Crippen molar-refractivity contribution in [2.45, 2.75) is 26.3 Å². The summed E-state index contributed by atoms with van der Waals surface area (Å²) < 4.78 is 4.87. The van der Waals surface area contributed by atoms with Gasteiger partial charge in [-0.05, 0) is 18.9 Å². The zero-order chi connectivity index (χ0) is 17.4. The van der Waals surface area contributed by atoms with Gasteiger partial charge in [-0.15, -0.1) is 11.8 Å². The lowest BCUT2D eigenvalue weighted by Crippen LogP contribution is -2.30. The third kappa shape index (κ3) is 5.73. The minimum atomic E-state index is -0.212. The first kappa shape index (κ1) is 18.1. The van der Waals surface area contributed by atoms with Crippen molar-refractivity contribution in [3.63, 3.8) is 0 Å². The molecule has 0 aliphatic heterocycles. The molecule has 2 amide bonds. The van der Waals surface area contributed by atoms with Gasteiger partial charge in [-0.25, -0.2) is 0 Å². The fourth-order valence-corrected chi connectivity index (χ4v) is 2.81. The predicted octanol–water partition coefficient (Wildman–Crippen LogP) is 2.92. The average Bonchev–Trinajstić information content (AvgIpc) is 2.98. The summed E-state index contributed by atoms with van der Waals surface area (Å²) >= 11 is 1.26. The number of hydrogen-bond donors (Lipinski definition) is 2. The largest absolute Gasteiger partial charge is 0.360 e. The standard InChI is InChI=1S/C17H21N3O3S/c1-3-14(13-7-5-4-6-8-13)18-16(21)10-24-11-17(22)19-15-9-12(2)23-20-15/h4-9,14H,3,10-11H2,1-2H3,(H,18,21)(H,19,20,22). The minimum absolute atomic E-state index is 0.00812. The molecule has 24 heavy (non-hydrogen) atoms. The van der Waals surface area contributed by atoms with Crippen LogP contribution in [0.3, 0.4) is 0 Å². The van der Waals surface area contributed by atoms with E-state index in [-0.39, 0.29) is 29.4 Å². The Labute approximate surface area is 145 Å². The summed E-state index contributed by atoms with van der Waals surface area (Å²) in [6, 6.07) is 11.5. The molecule has 0 aliphatic rings. The molecule has 1 aromatic carbocycles. The summed E-state index contributed by atoms with van der Waals surface area (Å²) in [7, 11) is 0. The monoisotopic (exact) mass is 347 g/mol. The molecular weight excluding hydrogens is 326 g/mol. The molecule has 1 heterocycles. The highest BCUT2D eigenvalue weighted by molar-refractivity contribution is 8.00. The van der Waals surface area contributed by atoms with E-state index in [0.29, 0.717) is 11.6 Å². The number of amides is 2. The van der Waals surface area contributed by atoms with Crippen LogP contribution in [0.25, 0.3) is 0 Å². The molecule has 7 heteroatoms. The number of aryl methyl sites for hydroxylation is 1. The van der Waals surface area contributed by atoms with Gasteiger partial charge in [0.2, 0.25) is 11.8 Å². The van der Waals surface area contributed by atoms with Crippen LogP contribution in [-0.2, 0) is 9.59 Å². The third-order valence-electron chi connectivity index (χ3n) is 3.31. The van der Waals surface area contributed by atoms with Gasteiger partial charge in [0.05, 0.1) is 17.5 Å². The quantitative estimate of drug-likeness (QED) is 0.767. The molecule has 0 fully saturated rings. The van der Waals surface area contributed by atoms with Crippen molar-refractivity contribution >= 4 is 29.4 Å². The fourth-order valence-electron chi connectivity index (χ4n) is 2.18. The maximum atomic E-state index is 12.0.